The molecule has 8 heteroatoms. The number of amidine groups is 1. The standard InChI is InChI=1S/C23H22N2O5S/c1-4-12-30-18-11-6-15(13-19(18)29-5-2)14-20-21(26)25(3)23(31-20)24-17-9-7-16(8-10-17)22(27)28/h4,6-11,13-14H,1,5,12H2,2-3H3,(H,27,28)/b20-14-,24-23?. The fourth-order valence-corrected chi connectivity index (χ4v) is 3.73. The minimum Gasteiger partial charge on any atom is -0.490 e. The third kappa shape index (κ3) is 5.35. The van der Waals surface area contributed by atoms with E-state index in [1.54, 1.807) is 37.4 Å². The van der Waals surface area contributed by atoms with Gasteiger partial charge in [0.25, 0.3) is 5.91 Å². The summed E-state index contributed by atoms with van der Waals surface area (Å²) in [6.07, 6.45) is 3.44. The van der Waals surface area contributed by atoms with E-state index in [9.17, 15) is 9.59 Å². The number of carbonyl (C=O) groups excluding carboxylic acids is 1. The van der Waals surface area contributed by atoms with E-state index in [0.717, 1.165) is 5.56 Å². The lowest BCUT2D eigenvalue weighted by Gasteiger charge is -2.11. The van der Waals surface area contributed by atoms with Crippen molar-refractivity contribution >= 4 is 40.6 Å². The van der Waals surface area contributed by atoms with Crippen LogP contribution in [0.2, 0.25) is 0 Å². The second kappa shape index (κ2) is 9.99. The number of thioether (sulfide) groups is 1. The lowest BCUT2D eigenvalue weighted by Crippen LogP contribution is -2.23. The summed E-state index contributed by atoms with van der Waals surface area (Å²) >= 11 is 1.25. The molecule has 1 fully saturated rings. The van der Waals surface area contributed by atoms with Gasteiger partial charge in [-0.25, -0.2) is 9.79 Å². The molecule has 1 amide bonds. The number of aliphatic imine (C=N–C) groups is 1. The van der Waals surface area contributed by atoms with E-state index in [1.807, 2.05) is 19.1 Å². The van der Waals surface area contributed by atoms with Gasteiger partial charge >= 0.3 is 5.97 Å². The highest BCUT2D eigenvalue weighted by Gasteiger charge is 2.30. The van der Waals surface area contributed by atoms with Crippen LogP contribution < -0.4 is 9.47 Å². The molecule has 2 aromatic rings. The monoisotopic (exact) mass is 438 g/mol. The Kier molecular flexibility index (Phi) is 7.15. The summed E-state index contributed by atoms with van der Waals surface area (Å²) in [5, 5.41) is 9.51. The Labute approximate surface area is 184 Å². The van der Waals surface area contributed by atoms with Crippen LogP contribution in [0.1, 0.15) is 22.8 Å². The van der Waals surface area contributed by atoms with Crippen LogP contribution in [0.15, 0.2) is 65.0 Å². The molecule has 0 aliphatic carbocycles. The van der Waals surface area contributed by atoms with Crippen molar-refractivity contribution in [2.24, 2.45) is 4.99 Å². The summed E-state index contributed by atoms with van der Waals surface area (Å²) in [6, 6.07) is 11.6. The summed E-state index contributed by atoms with van der Waals surface area (Å²) in [4.78, 5) is 30.1. The summed E-state index contributed by atoms with van der Waals surface area (Å²) in [5.41, 5.74) is 1.54. The van der Waals surface area contributed by atoms with Crippen LogP contribution in [0, 0.1) is 0 Å². The summed E-state index contributed by atoms with van der Waals surface area (Å²) in [5.74, 6) is 0.0310. The van der Waals surface area contributed by atoms with Gasteiger partial charge < -0.3 is 14.6 Å². The van der Waals surface area contributed by atoms with E-state index < -0.39 is 5.97 Å². The first-order chi connectivity index (χ1) is 14.9. The Hall–Kier alpha value is -3.52. The molecule has 31 heavy (non-hydrogen) atoms. The number of ether oxygens (including phenoxy) is 2. The number of carbonyl (C=O) groups is 2. The van der Waals surface area contributed by atoms with Crippen molar-refractivity contribution in [1.82, 2.24) is 4.90 Å². The molecule has 2 aromatic carbocycles. The van der Waals surface area contributed by atoms with Gasteiger partial charge in [0.05, 0.1) is 22.8 Å². The van der Waals surface area contributed by atoms with E-state index in [0.29, 0.717) is 40.5 Å². The van der Waals surface area contributed by atoms with Crippen LogP contribution in [0.4, 0.5) is 5.69 Å². The molecule has 7 nitrogen and oxygen atoms in total. The summed E-state index contributed by atoms with van der Waals surface area (Å²) < 4.78 is 11.3. The lowest BCUT2D eigenvalue weighted by atomic mass is 10.2. The Balaban J connectivity index is 1.84. The molecule has 0 aromatic heterocycles. The summed E-state index contributed by atoms with van der Waals surface area (Å²) in [6.45, 7) is 6.39. The number of likely N-dealkylation sites (N-methyl/N-ethyl adjacent to an activating group) is 1. The Morgan fingerprint density at radius 2 is 1.94 bits per heavy atom. The van der Waals surface area contributed by atoms with Gasteiger partial charge in [-0.15, -0.1) is 0 Å². The highest BCUT2D eigenvalue weighted by molar-refractivity contribution is 8.18. The smallest absolute Gasteiger partial charge is 0.335 e. The SMILES string of the molecule is C=CCOc1ccc(/C=C2\SC(=Nc3ccc(C(=O)O)cc3)N(C)C2=O)cc1OCC. The van der Waals surface area contributed by atoms with Crippen LogP contribution in [-0.4, -0.2) is 47.3 Å². The van der Waals surface area contributed by atoms with Crippen LogP contribution in [0.5, 0.6) is 11.5 Å². The van der Waals surface area contributed by atoms with Crippen LogP contribution in [0.3, 0.4) is 0 Å². The zero-order valence-corrected chi connectivity index (χ0v) is 18.0. The Bertz CT molecular complexity index is 1060. The van der Waals surface area contributed by atoms with E-state index in [4.69, 9.17) is 14.6 Å². The van der Waals surface area contributed by atoms with Crippen LogP contribution >= 0.6 is 11.8 Å². The molecular weight excluding hydrogens is 416 g/mol. The fourth-order valence-electron chi connectivity index (χ4n) is 2.74. The van der Waals surface area contributed by atoms with Crippen molar-refractivity contribution in [2.45, 2.75) is 6.92 Å². The topological polar surface area (TPSA) is 88.4 Å². The molecule has 0 spiro atoms. The normalized spacial score (nSPS) is 16.1. The molecule has 1 saturated heterocycles. The van der Waals surface area contributed by atoms with Crippen molar-refractivity contribution in [3.05, 3.63) is 71.2 Å². The number of benzene rings is 2. The predicted octanol–water partition coefficient (Wildman–Crippen LogP) is 4.58. The zero-order chi connectivity index (χ0) is 22.4. The molecule has 0 radical (unpaired) electrons. The molecule has 1 heterocycles. The average molecular weight is 439 g/mol. The minimum atomic E-state index is -1.00. The van der Waals surface area contributed by atoms with Crippen molar-refractivity contribution in [3.63, 3.8) is 0 Å². The number of hydrogen-bond acceptors (Lipinski definition) is 6. The van der Waals surface area contributed by atoms with Crippen LogP contribution in [-0.2, 0) is 4.79 Å². The molecule has 1 aliphatic heterocycles. The van der Waals surface area contributed by atoms with Crippen molar-refractivity contribution in [2.75, 3.05) is 20.3 Å². The molecule has 3 rings (SSSR count). The van der Waals surface area contributed by atoms with Gasteiger partial charge in [0, 0.05) is 7.05 Å². The summed E-state index contributed by atoms with van der Waals surface area (Å²) in [7, 11) is 1.65. The van der Waals surface area contributed by atoms with Crippen molar-refractivity contribution < 1.29 is 24.2 Å². The first kappa shape index (κ1) is 22.2. The highest BCUT2D eigenvalue weighted by Crippen LogP contribution is 2.35. The number of amides is 1. The number of carboxylic acids is 1. The number of carboxylic acid groups (broad SMARTS) is 1. The average Bonchev–Trinajstić information content (AvgIpc) is 3.01. The zero-order valence-electron chi connectivity index (χ0n) is 17.2. The lowest BCUT2D eigenvalue weighted by molar-refractivity contribution is -0.121. The number of nitrogens with zero attached hydrogens (tertiary/aromatic N) is 2. The number of aromatic carboxylic acids is 1. The molecule has 1 N–H and O–H groups in total. The molecule has 160 valence electrons. The van der Waals surface area contributed by atoms with Gasteiger partial charge in [-0.2, -0.15) is 0 Å². The largest absolute Gasteiger partial charge is 0.490 e. The maximum Gasteiger partial charge on any atom is 0.335 e. The quantitative estimate of drug-likeness (QED) is 0.479. The van der Waals surface area contributed by atoms with E-state index in [-0.39, 0.29) is 11.5 Å². The second-order valence-electron chi connectivity index (χ2n) is 6.46. The first-order valence-corrected chi connectivity index (χ1v) is 10.3. The minimum absolute atomic E-state index is 0.171. The molecule has 0 atom stereocenters. The van der Waals surface area contributed by atoms with Gasteiger partial charge in [0.15, 0.2) is 16.7 Å². The van der Waals surface area contributed by atoms with E-state index in [1.165, 1.54) is 28.8 Å². The van der Waals surface area contributed by atoms with Gasteiger partial charge in [-0.1, -0.05) is 18.7 Å². The van der Waals surface area contributed by atoms with Gasteiger partial charge in [-0.3, -0.25) is 9.69 Å². The van der Waals surface area contributed by atoms with Crippen LogP contribution in [0.25, 0.3) is 6.08 Å². The molecule has 0 bridgehead atoms. The van der Waals surface area contributed by atoms with Crippen molar-refractivity contribution in [3.8, 4) is 11.5 Å². The Morgan fingerprint density at radius 1 is 1.19 bits per heavy atom. The second-order valence-corrected chi connectivity index (χ2v) is 7.47. The van der Waals surface area contributed by atoms with Gasteiger partial charge in [0.2, 0.25) is 0 Å². The van der Waals surface area contributed by atoms with Crippen molar-refractivity contribution in [1.29, 1.82) is 0 Å². The predicted molar refractivity (Wildman–Crippen MR) is 122 cm³/mol. The molecule has 0 unspecified atom stereocenters. The first-order valence-electron chi connectivity index (χ1n) is 9.53. The molecule has 1 aliphatic rings. The highest BCUT2D eigenvalue weighted by atomic mass is 32.2. The maximum absolute atomic E-state index is 12.7. The van der Waals surface area contributed by atoms with Gasteiger partial charge in [-0.05, 0) is 66.7 Å². The third-order valence-corrected chi connectivity index (χ3v) is 5.32. The number of rotatable bonds is 8. The number of hydrogen-bond donors (Lipinski definition) is 1. The van der Waals surface area contributed by atoms with E-state index >= 15 is 0 Å². The molecule has 0 saturated carbocycles. The molecular formula is C23H22N2O5S. The fraction of sp³-hybridized carbons (Fsp3) is 0.174. The third-order valence-electron chi connectivity index (χ3n) is 4.26. The van der Waals surface area contributed by atoms with Gasteiger partial charge in [0.1, 0.15) is 6.61 Å². The Morgan fingerprint density at radius 3 is 2.58 bits per heavy atom. The maximum atomic E-state index is 12.7. The van der Waals surface area contributed by atoms with E-state index in [2.05, 4.69) is 11.6 Å².